The van der Waals surface area contributed by atoms with Gasteiger partial charge in [-0.3, -0.25) is 4.99 Å². The smallest absolute Gasteiger partial charge is 0.191 e. The summed E-state index contributed by atoms with van der Waals surface area (Å²) < 4.78 is 5.65. The van der Waals surface area contributed by atoms with Crippen molar-refractivity contribution in [1.29, 1.82) is 0 Å². The molecule has 1 heterocycles. The summed E-state index contributed by atoms with van der Waals surface area (Å²) in [5.41, 5.74) is 0. The van der Waals surface area contributed by atoms with E-state index in [4.69, 9.17) is 9.73 Å². The maximum absolute atomic E-state index is 5.65. The Morgan fingerprint density at radius 2 is 1.88 bits per heavy atom. The van der Waals surface area contributed by atoms with Crippen molar-refractivity contribution in [3.05, 3.63) is 0 Å². The van der Waals surface area contributed by atoms with E-state index in [0.29, 0.717) is 5.92 Å². The van der Waals surface area contributed by atoms with Gasteiger partial charge in [-0.15, -0.1) is 24.0 Å². The van der Waals surface area contributed by atoms with E-state index in [1.165, 1.54) is 38.9 Å². The van der Waals surface area contributed by atoms with Crippen LogP contribution in [-0.4, -0.2) is 63.3 Å². The van der Waals surface area contributed by atoms with Crippen LogP contribution in [0.5, 0.6) is 0 Å². The van der Waals surface area contributed by atoms with Gasteiger partial charge in [0.1, 0.15) is 0 Å². The Morgan fingerprint density at radius 1 is 1.16 bits per heavy atom. The fourth-order valence-corrected chi connectivity index (χ4v) is 2.93. The molecule has 0 aromatic rings. The molecule has 0 aromatic heterocycles. The molecule has 2 N–H and O–H groups in total. The van der Waals surface area contributed by atoms with Gasteiger partial charge >= 0.3 is 0 Å². The van der Waals surface area contributed by atoms with Crippen molar-refractivity contribution in [2.75, 3.05) is 52.5 Å². The molecule has 5 nitrogen and oxygen atoms in total. The minimum absolute atomic E-state index is 0. The van der Waals surface area contributed by atoms with Crippen molar-refractivity contribution >= 4 is 29.9 Å². The van der Waals surface area contributed by atoms with Crippen molar-refractivity contribution in [2.45, 2.75) is 53.4 Å². The number of hydrogen-bond acceptors (Lipinski definition) is 3. The Balaban J connectivity index is 0.00000576. The van der Waals surface area contributed by atoms with E-state index in [-0.39, 0.29) is 24.0 Å². The Labute approximate surface area is 172 Å². The van der Waals surface area contributed by atoms with Crippen molar-refractivity contribution in [1.82, 2.24) is 15.5 Å². The first-order valence-corrected chi connectivity index (χ1v) is 9.97. The second kappa shape index (κ2) is 16.1. The van der Waals surface area contributed by atoms with Crippen LogP contribution in [0, 0.1) is 11.8 Å². The zero-order chi connectivity index (χ0) is 17.6. The Hall–Kier alpha value is -0.0800. The molecule has 0 unspecified atom stereocenters. The molecule has 0 saturated carbocycles. The lowest BCUT2D eigenvalue weighted by Crippen LogP contribution is -2.40. The molecular weight excluding hydrogens is 427 g/mol. The number of likely N-dealkylation sites (tertiary alicyclic amines) is 1. The minimum Gasteiger partial charge on any atom is -0.380 e. The summed E-state index contributed by atoms with van der Waals surface area (Å²) >= 11 is 0. The number of aliphatic imine (C=N–C) groups is 1. The monoisotopic (exact) mass is 468 g/mol. The van der Waals surface area contributed by atoms with Crippen LogP contribution in [0.1, 0.15) is 53.4 Å². The lowest BCUT2D eigenvalue weighted by atomic mass is 9.97. The molecule has 0 spiro atoms. The first-order valence-electron chi connectivity index (χ1n) is 9.97. The van der Waals surface area contributed by atoms with Crippen LogP contribution in [0.25, 0.3) is 0 Å². The highest BCUT2D eigenvalue weighted by Gasteiger charge is 2.18. The van der Waals surface area contributed by atoms with Gasteiger partial charge in [0.05, 0.1) is 6.61 Å². The maximum atomic E-state index is 5.65. The number of rotatable bonds is 11. The van der Waals surface area contributed by atoms with Crippen molar-refractivity contribution in [2.24, 2.45) is 16.8 Å². The summed E-state index contributed by atoms with van der Waals surface area (Å²) in [5.74, 6) is 2.37. The summed E-state index contributed by atoms with van der Waals surface area (Å²) in [6.45, 7) is 16.8. The van der Waals surface area contributed by atoms with Gasteiger partial charge in [0.15, 0.2) is 5.96 Å². The summed E-state index contributed by atoms with van der Waals surface area (Å²) in [7, 11) is 0. The summed E-state index contributed by atoms with van der Waals surface area (Å²) in [6, 6.07) is 0. The van der Waals surface area contributed by atoms with Gasteiger partial charge in [0.25, 0.3) is 0 Å². The minimum atomic E-state index is 0. The van der Waals surface area contributed by atoms with Crippen molar-refractivity contribution < 1.29 is 4.74 Å². The van der Waals surface area contributed by atoms with Crippen LogP contribution in [-0.2, 0) is 4.74 Å². The summed E-state index contributed by atoms with van der Waals surface area (Å²) in [5, 5.41) is 6.71. The zero-order valence-corrected chi connectivity index (χ0v) is 19.2. The average Bonchev–Trinajstić information content (AvgIpc) is 2.57. The normalized spacial score (nSPS) is 16.8. The molecule has 0 amide bonds. The molecule has 1 aliphatic rings. The number of ether oxygens (including phenoxy) is 1. The Kier molecular flexibility index (Phi) is 16.1. The first kappa shape index (κ1) is 24.9. The number of hydrogen-bond donors (Lipinski definition) is 2. The highest BCUT2D eigenvalue weighted by Crippen LogP contribution is 2.17. The maximum Gasteiger partial charge on any atom is 0.191 e. The molecule has 25 heavy (non-hydrogen) atoms. The van der Waals surface area contributed by atoms with Crippen LogP contribution >= 0.6 is 24.0 Å². The summed E-state index contributed by atoms with van der Waals surface area (Å²) in [6.07, 6.45) is 4.95. The quantitative estimate of drug-likeness (QED) is 0.211. The fraction of sp³-hybridized carbons (Fsp3) is 0.947. The molecule has 1 rings (SSSR count). The topological polar surface area (TPSA) is 48.9 Å². The first-order chi connectivity index (χ1) is 11.7. The van der Waals surface area contributed by atoms with Gasteiger partial charge in [-0.25, -0.2) is 0 Å². The van der Waals surface area contributed by atoms with Crippen LogP contribution in [0.15, 0.2) is 4.99 Å². The van der Waals surface area contributed by atoms with Crippen LogP contribution in [0.3, 0.4) is 0 Å². The van der Waals surface area contributed by atoms with Gasteiger partial charge in [0, 0.05) is 26.2 Å². The molecule has 0 aromatic carbocycles. The largest absolute Gasteiger partial charge is 0.380 e. The number of piperidine rings is 1. The molecule has 1 saturated heterocycles. The highest BCUT2D eigenvalue weighted by molar-refractivity contribution is 14.0. The van der Waals surface area contributed by atoms with E-state index in [1.807, 2.05) is 0 Å². The highest BCUT2D eigenvalue weighted by atomic mass is 127. The molecule has 1 fully saturated rings. The third-order valence-corrected chi connectivity index (χ3v) is 4.48. The molecule has 0 aliphatic carbocycles. The third-order valence-electron chi connectivity index (χ3n) is 4.48. The Bertz CT molecular complexity index is 331. The molecule has 0 radical (unpaired) electrons. The average molecular weight is 468 g/mol. The van der Waals surface area contributed by atoms with Crippen LogP contribution in [0.4, 0.5) is 0 Å². The third kappa shape index (κ3) is 12.8. The van der Waals surface area contributed by atoms with E-state index in [0.717, 1.165) is 51.1 Å². The van der Waals surface area contributed by atoms with Gasteiger partial charge in [0.2, 0.25) is 0 Å². The fourth-order valence-electron chi connectivity index (χ4n) is 2.93. The lowest BCUT2D eigenvalue weighted by Gasteiger charge is -2.31. The molecule has 1 aliphatic heterocycles. The van der Waals surface area contributed by atoms with E-state index >= 15 is 0 Å². The van der Waals surface area contributed by atoms with E-state index in [1.54, 1.807) is 0 Å². The number of nitrogens with one attached hydrogen (secondary N) is 2. The molecule has 6 heteroatoms. The predicted molar refractivity (Wildman–Crippen MR) is 119 cm³/mol. The Morgan fingerprint density at radius 3 is 2.48 bits per heavy atom. The van der Waals surface area contributed by atoms with Crippen LogP contribution < -0.4 is 10.6 Å². The number of guanidine groups is 1. The molecule has 0 bridgehead atoms. The molecular formula is C19H41IN4O. The summed E-state index contributed by atoms with van der Waals surface area (Å²) in [4.78, 5) is 7.36. The van der Waals surface area contributed by atoms with E-state index < -0.39 is 0 Å². The zero-order valence-electron chi connectivity index (χ0n) is 16.9. The predicted octanol–water partition coefficient (Wildman–Crippen LogP) is 3.34. The van der Waals surface area contributed by atoms with Crippen LogP contribution in [0.2, 0.25) is 0 Å². The van der Waals surface area contributed by atoms with Crippen molar-refractivity contribution in [3.63, 3.8) is 0 Å². The number of halogens is 1. The number of nitrogens with zero attached hydrogens (tertiary/aromatic N) is 2. The van der Waals surface area contributed by atoms with E-state index in [9.17, 15) is 0 Å². The molecule has 0 atom stereocenters. The second-order valence-electron chi connectivity index (χ2n) is 7.23. The van der Waals surface area contributed by atoms with Gasteiger partial charge in [-0.2, -0.15) is 0 Å². The lowest BCUT2D eigenvalue weighted by molar-refractivity contribution is 0.128. The van der Waals surface area contributed by atoms with Gasteiger partial charge in [-0.1, -0.05) is 20.8 Å². The standard InChI is InChI=1S/C19H40N4O.HI/c1-5-11-23-12-7-18(8-13-23)16-22-19(20-6-2)21-10-15-24-14-9-17(3)4;/h17-18H,5-16H2,1-4H3,(H2,20,21,22);1H. The SMILES string of the molecule is CCCN1CCC(CN=C(NCC)NCCOCCC(C)C)CC1.I. The van der Waals surface area contributed by atoms with Gasteiger partial charge < -0.3 is 20.3 Å². The van der Waals surface area contributed by atoms with Crippen molar-refractivity contribution in [3.8, 4) is 0 Å². The van der Waals surface area contributed by atoms with E-state index in [2.05, 4.69) is 43.2 Å². The molecule has 150 valence electrons. The van der Waals surface area contributed by atoms with Gasteiger partial charge in [-0.05, 0) is 64.1 Å². The second-order valence-corrected chi connectivity index (χ2v) is 7.23.